The van der Waals surface area contributed by atoms with E-state index in [0.29, 0.717) is 25.9 Å². The van der Waals surface area contributed by atoms with Crippen molar-refractivity contribution < 1.29 is 19.0 Å². The Bertz CT molecular complexity index is 639. The lowest BCUT2D eigenvalue weighted by molar-refractivity contribution is -0.139. The molecular formula is C20H29FN2O3. The van der Waals surface area contributed by atoms with Crippen molar-refractivity contribution in [3.8, 4) is 5.75 Å². The molecule has 2 heterocycles. The van der Waals surface area contributed by atoms with E-state index in [2.05, 4.69) is 4.90 Å². The van der Waals surface area contributed by atoms with Crippen molar-refractivity contribution in [2.24, 2.45) is 5.41 Å². The molecule has 0 radical (unpaired) electrons. The summed E-state index contributed by atoms with van der Waals surface area (Å²) >= 11 is 0. The number of carbonyl (C=O) groups is 1. The highest BCUT2D eigenvalue weighted by atomic mass is 19.1. The lowest BCUT2D eigenvalue weighted by Gasteiger charge is -2.48. The summed E-state index contributed by atoms with van der Waals surface area (Å²) in [7, 11) is 1.47. The molecule has 1 aromatic rings. The van der Waals surface area contributed by atoms with Gasteiger partial charge in [0.1, 0.15) is 0 Å². The molecule has 3 rings (SSSR count). The molecule has 144 valence electrons. The van der Waals surface area contributed by atoms with E-state index in [0.717, 1.165) is 44.5 Å². The largest absolute Gasteiger partial charge is 0.494 e. The van der Waals surface area contributed by atoms with Gasteiger partial charge in [0.05, 0.1) is 7.11 Å². The Morgan fingerprint density at radius 3 is 2.88 bits per heavy atom. The van der Waals surface area contributed by atoms with Gasteiger partial charge in [0.15, 0.2) is 11.6 Å². The van der Waals surface area contributed by atoms with E-state index in [1.165, 1.54) is 7.11 Å². The Morgan fingerprint density at radius 1 is 1.31 bits per heavy atom. The van der Waals surface area contributed by atoms with Crippen LogP contribution in [-0.4, -0.2) is 60.7 Å². The minimum absolute atomic E-state index is 0.117. The molecule has 26 heavy (non-hydrogen) atoms. The van der Waals surface area contributed by atoms with Crippen LogP contribution in [0.3, 0.4) is 0 Å². The fraction of sp³-hybridized carbons (Fsp3) is 0.650. The Balaban J connectivity index is 1.65. The average Bonchev–Trinajstić information content (AvgIpc) is 2.63. The lowest BCUT2D eigenvalue weighted by atomic mass is 9.73. The van der Waals surface area contributed by atoms with Crippen molar-refractivity contribution in [3.63, 3.8) is 0 Å². The van der Waals surface area contributed by atoms with Crippen LogP contribution in [-0.2, 0) is 11.3 Å². The monoisotopic (exact) mass is 364 g/mol. The molecule has 1 atom stereocenters. The number of likely N-dealkylation sites (tertiary alicyclic amines) is 2. The number of aliphatic hydroxyl groups excluding tert-OH is 1. The number of amides is 1. The molecule has 1 N–H and O–H groups in total. The maximum Gasteiger partial charge on any atom is 0.222 e. The van der Waals surface area contributed by atoms with E-state index >= 15 is 0 Å². The Kier molecular flexibility index (Phi) is 6.14. The average molecular weight is 364 g/mol. The van der Waals surface area contributed by atoms with Crippen molar-refractivity contribution in [2.75, 3.05) is 39.9 Å². The van der Waals surface area contributed by atoms with Gasteiger partial charge in [0.25, 0.3) is 0 Å². The summed E-state index contributed by atoms with van der Waals surface area (Å²) in [5.74, 6) is 0.155. The zero-order chi connectivity index (χ0) is 18.6. The zero-order valence-electron chi connectivity index (χ0n) is 15.5. The second-order valence-corrected chi connectivity index (χ2v) is 7.68. The fourth-order valence-corrected chi connectivity index (χ4v) is 4.41. The highest BCUT2D eigenvalue weighted by molar-refractivity contribution is 5.77. The molecule has 6 heteroatoms. The molecule has 0 saturated carbocycles. The van der Waals surface area contributed by atoms with E-state index in [1.54, 1.807) is 12.1 Å². The molecule has 1 aromatic carbocycles. The molecular weight excluding hydrogens is 335 g/mol. The molecule has 1 spiro atoms. The van der Waals surface area contributed by atoms with E-state index in [-0.39, 0.29) is 29.5 Å². The molecule has 2 aliphatic heterocycles. The van der Waals surface area contributed by atoms with E-state index in [4.69, 9.17) is 9.84 Å². The third-order valence-electron chi connectivity index (χ3n) is 5.70. The minimum atomic E-state index is -0.324. The number of halogens is 1. The van der Waals surface area contributed by atoms with Crippen molar-refractivity contribution in [1.82, 2.24) is 9.80 Å². The third kappa shape index (κ3) is 4.35. The lowest BCUT2D eigenvalue weighted by Crippen LogP contribution is -2.54. The van der Waals surface area contributed by atoms with Crippen LogP contribution < -0.4 is 4.74 Å². The molecule has 0 unspecified atom stereocenters. The topological polar surface area (TPSA) is 53.0 Å². The van der Waals surface area contributed by atoms with Crippen LogP contribution >= 0.6 is 0 Å². The number of ether oxygens (including phenoxy) is 1. The van der Waals surface area contributed by atoms with Gasteiger partial charge in [0.2, 0.25) is 5.91 Å². The smallest absolute Gasteiger partial charge is 0.222 e. The van der Waals surface area contributed by atoms with Crippen LogP contribution in [0.25, 0.3) is 0 Å². The summed E-state index contributed by atoms with van der Waals surface area (Å²) in [6.45, 7) is 4.18. The number of methoxy groups -OCH3 is 1. The molecule has 2 fully saturated rings. The Labute approximate surface area is 154 Å². The zero-order valence-corrected chi connectivity index (χ0v) is 15.5. The summed E-state index contributed by atoms with van der Waals surface area (Å²) in [4.78, 5) is 16.5. The highest BCUT2D eigenvalue weighted by Gasteiger charge is 2.41. The van der Waals surface area contributed by atoms with Crippen molar-refractivity contribution in [2.45, 2.75) is 38.6 Å². The van der Waals surface area contributed by atoms with Crippen LogP contribution in [0.15, 0.2) is 18.2 Å². The molecule has 0 aromatic heterocycles. The van der Waals surface area contributed by atoms with Crippen LogP contribution in [0, 0.1) is 11.2 Å². The van der Waals surface area contributed by atoms with Crippen molar-refractivity contribution in [3.05, 3.63) is 29.6 Å². The van der Waals surface area contributed by atoms with Crippen LogP contribution in [0.1, 0.15) is 37.7 Å². The summed E-state index contributed by atoms with van der Waals surface area (Å²) in [5, 5.41) is 9.07. The van der Waals surface area contributed by atoms with Gasteiger partial charge in [0, 0.05) is 44.6 Å². The summed E-state index contributed by atoms with van der Waals surface area (Å²) < 4.78 is 18.9. The maximum absolute atomic E-state index is 14.0. The van der Waals surface area contributed by atoms with Gasteiger partial charge in [-0.25, -0.2) is 4.39 Å². The Morgan fingerprint density at radius 2 is 2.15 bits per heavy atom. The predicted octanol–water partition coefficient (Wildman–Crippen LogP) is 2.42. The number of hydrogen-bond acceptors (Lipinski definition) is 4. The van der Waals surface area contributed by atoms with Crippen molar-refractivity contribution >= 4 is 5.91 Å². The molecule has 0 aliphatic carbocycles. The van der Waals surface area contributed by atoms with Crippen LogP contribution in [0.2, 0.25) is 0 Å². The van der Waals surface area contributed by atoms with E-state index in [1.807, 2.05) is 11.0 Å². The van der Waals surface area contributed by atoms with Gasteiger partial charge in [-0.05, 0) is 49.9 Å². The second-order valence-electron chi connectivity index (χ2n) is 7.68. The molecule has 0 bridgehead atoms. The number of hydrogen-bond donors (Lipinski definition) is 1. The number of rotatable bonds is 6. The number of aliphatic hydroxyl groups is 1. The molecule has 2 aliphatic rings. The fourth-order valence-electron chi connectivity index (χ4n) is 4.41. The van der Waals surface area contributed by atoms with Gasteiger partial charge in [-0.2, -0.15) is 0 Å². The number of nitrogens with zero attached hydrogens (tertiary/aromatic N) is 2. The van der Waals surface area contributed by atoms with Crippen molar-refractivity contribution in [1.29, 1.82) is 0 Å². The quantitative estimate of drug-likeness (QED) is 0.842. The normalized spacial score (nSPS) is 24.3. The molecule has 1 amide bonds. The van der Waals surface area contributed by atoms with Gasteiger partial charge >= 0.3 is 0 Å². The SMILES string of the molecule is COc1ccc(CN2CCC[C@@]3(CCC(=O)N(CCCO)C3)C2)cc1F. The highest BCUT2D eigenvalue weighted by Crippen LogP contribution is 2.39. The van der Waals surface area contributed by atoms with Gasteiger partial charge in [-0.15, -0.1) is 0 Å². The number of carbonyl (C=O) groups excluding carboxylic acids is 1. The summed E-state index contributed by atoms with van der Waals surface area (Å²) in [6, 6.07) is 5.15. The summed E-state index contributed by atoms with van der Waals surface area (Å²) in [5.41, 5.74) is 1.08. The maximum atomic E-state index is 14.0. The van der Waals surface area contributed by atoms with Crippen LogP contribution in [0.5, 0.6) is 5.75 Å². The third-order valence-corrected chi connectivity index (χ3v) is 5.70. The standard InChI is InChI=1S/C20H29FN2O3/c1-26-18-5-4-16(12-17(18)21)13-22-9-2-7-20(14-22)8-6-19(25)23(15-20)10-3-11-24/h4-5,12,24H,2-3,6-11,13-15H2,1H3/t20-/m1/s1. The minimum Gasteiger partial charge on any atom is -0.494 e. The van der Waals surface area contributed by atoms with Gasteiger partial charge in [-0.3, -0.25) is 9.69 Å². The predicted molar refractivity (Wildman–Crippen MR) is 97.4 cm³/mol. The number of piperidine rings is 2. The first-order chi connectivity index (χ1) is 12.5. The summed E-state index contributed by atoms with van der Waals surface area (Å²) in [6.07, 6.45) is 4.38. The van der Waals surface area contributed by atoms with E-state index in [9.17, 15) is 9.18 Å². The van der Waals surface area contributed by atoms with Crippen LogP contribution in [0.4, 0.5) is 4.39 Å². The Hall–Kier alpha value is -1.66. The first kappa shape index (κ1) is 19.1. The first-order valence-electron chi connectivity index (χ1n) is 9.49. The second kappa shape index (κ2) is 8.35. The first-order valence-corrected chi connectivity index (χ1v) is 9.49. The number of benzene rings is 1. The van der Waals surface area contributed by atoms with Gasteiger partial charge in [-0.1, -0.05) is 6.07 Å². The molecule has 5 nitrogen and oxygen atoms in total. The van der Waals surface area contributed by atoms with Gasteiger partial charge < -0.3 is 14.7 Å². The molecule has 2 saturated heterocycles. The van der Waals surface area contributed by atoms with E-state index < -0.39 is 0 Å².